The van der Waals surface area contributed by atoms with Crippen molar-refractivity contribution in [3.63, 3.8) is 0 Å². The topological polar surface area (TPSA) is 159 Å². The van der Waals surface area contributed by atoms with Gasteiger partial charge in [0, 0.05) is 61.9 Å². The van der Waals surface area contributed by atoms with Gasteiger partial charge in [0.15, 0.2) is 0 Å². The van der Waals surface area contributed by atoms with Gasteiger partial charge in [-0.1, -0.05) is 26.3 Å². The fourth-order valence-corrected chi connectivity index (χ4v) is 7.01. The van der Waals surface area contributed by atoms with Gasteiger partial charge in [0.25, 0.3) is 0 Å². The van der Waals surface area contributed by atoms with E-state index in [2.05, 4.69) is 10.3 Å². The predicted octanol–water partition coefficient (Wildman–Crippen LogP) is 4.11. The Kier molecular flexibility index (Phi) is 11.4. The van der Waals surface area contributed by atoms with E-state index in [-0.39, 0.29) is 41.6 Å². The van der Waals surface area contributed by atoms with Gasteiger partial charge in [0.1, 0.15) is 33.6 Å². The molecule has 0 unspecified atom stereocenters. The number of esters is 1. The molecular weight excluding hydrogens is 620 g/mol. The molecule has 3 heterocycles. The molecule has 2 aromatic heterocycles. The lowest BCUT2D eigenvalue weighted by atomic mass is 9.85. The van der Waals surface area contributed by atoms with Gasteiger partial charge in [-0.2, -0.15) is 4.98 Å². The molecule has 47 heavy (non-hydrogen) atoms. The number of likely N-dealkylation sites (tertiary alicyclic amines) is 1. The maximum Gasteiger partial charge on any atom is 0.323 e. The molecule has 0 radical (unpaired) electrons. The van der Waals surface area contributed by atoms with Crippen molar-refractivity contribution in [2.24, 2.45) is 17.6 Å². The second-order valence-corrected chi connectivity index (χ2v) is 15.3. The van der Waals surface area contributed by atoms with Crippen LogP contribution in [0.5, 0.6) is 5.75 Å². The van der Waals surface area contributed by atoms with Crippen molar-refractivity contribution < 1.29 is 27.5 Å². The minimum Gasteiger partial charge on any atom is -0.493 e. The normalized spacial score (nSPS) is 20.5. The Morgan fingerprint density at radius 2 is 1.83 bits per heavy atom. The summed E-state index contributed by atoms with van der Waals surface area (Å²) in [6.07, 6.45) is 10.5. The lowest BCUT2D eigenvalue weighted by Gasteiger charge is -2.36. The van der Waals surface area contributed by atoms with Crippen LogP contribution >= 0.6 is 0 Å². The first-order chi connectivity index (χ1) is 22.5. The third-order valence-corrected chi connectivity index (χ3v) is 10.5. The third-order valence-electron chi connectivity index (χ3n) is 9.47. The minimum absolute atomic E-state index is 0.00717. The van der Waals surface area contributed by atoms with Crippen LogP contribution in [0.3, 0.4) is 0 Å². The van der Waals surface area contributed by atoms with Crippen LogP contribution in [0.15, 0.2) is 42.7 Å². The number of aromatic nitrogens is 3. The maximum absolute atomic E-state index is 13.3. The number of nitrogens with zero attached hydrogens (tertiary/aromatic N) is 4. The van der Waals surface area contributed by atoms with E-state index in [0.717, 1.165) is 43.0 Å². The minimum atomic E-state index is -3.03. The number of benzene rings is 1. The number of sulfone groups is 1. The second-order valence-electron chi connectivity index (χ2n) is 13.0. The van der Waals surface area contributed by atoms with Crippen molar-refractivity contribution in [1.29, 1.82) is 0 Å². The molecule has 2 aliphatic rings. The average molecular weight is 669 g/mol. The predicted molar refractivity (Wildman–Crippen MR) is 181 cm³/mol. The molecular formula is C34H48N6O6S. The smallest absolute Gasteiger partial charge is 0.323 e. The highest BCUT2D eigenvalue weighted by atomic mass is 32.2. The Labute approximate surface area is 277 Å². The molecule has 1 aromatic carbocycles. The molecule has 0 spiro atoms. The SMILES string of the molecule is CC[C@H](C)[C@H](N)C(=O)OC1CCN(C(=O)C2CCC(Nc3nccc(-n4ccc5c(OCCCS(C)(=O)=O)cccc54)n3)CC2)CC1. The molecule has 256 valence electrons. The lowest BCUT2D eigenvalue weighted by Crippen LogP contribution is -2.46. The second kappa shape index (κ2) is 15.5. The van der Waals surface area contributed by atoms with E-state index >= 15 is 0 Å². The molecule has 3 N–H and O–H groups in total. The zero-order valence-electron chi connectivity index (χ0n) is 27.6. The molecule has 1 aliphatic heterocycles. The number of carbonyl (C=O) groups is 2. The standard InChI is InChI=1S/C34H48N6O6S/c1-4-23(2)31(35)33(42)46-26-14-18-39(19-15-26)32(41)24-9-11-25(12-10-24)37-34-36-17-13-30(38-34)40-20-16-27-28(40)7-5-8-29(27)45-21-6-22-47(3,43)44/h5,7-8,13,16-17,20,23-26,31H,4,6,9-12,14-15,18-19,21-22,35H2,1-3H3,(H,36,37,38)/t23-,24?,25?,31-/m0/s1. The third kappa shape index (κ3) is 9.01. The first-order valence-corrected chi connectivity index (χ1v) is 18.8. The number of anilines is 1. The number of ether oxygens (including phenoxy) is 2. The van der Waals surface area contributed by atoms with Crippen molar-refractivity contribution in [2.45, 2.75) is 83.4 Å². The highest BCUT2D eigenvalue weighted by Gasteiger charge is 2.33. The molecule has 3 aromatic rings. The Morgan fingerprint density at radius 1 is 1.09 bits per heavy atom. The number of nitrogens with two attached hydrogens (primary N) is 1. The Balaban J connectivity index is 1.10. The van der Waals surface area contributed by atoms with Gasteiger partial charge in [-0.15, -0.1) is 0 Å². The summed E-state index contributed by atoms with van der Waals surface area (Å²) in [6, 6.07) is 9.16. The monoisotopic (exact) mass is 668 g/mol. The van der Waals surface area contributed by atoms with Crippen molar-refractivity contribution in [3.05, 3.63) is 42.7 Å². The molecule has 1 aliphatic carbocycles. The van der Waals surface area contributed by atoms with E-state index in [1.54, 1.807) is 6.20 Å². The van der Waals surface area contributed by atoms with Crippen LogP contribution in [-0.4, -0.2) is 89.6 Å². The van der Waals surface area contributed by atoms with Crippen LogP contribution in [0.4, 0.5) is 5.95 Å². The van der Waals surface area contributed by atoms with Crippen LogP contribution in [-0.2, 0) is 24.2 Å². The molecule has 12 nitrogen and oxygen atoms in total. The van der Waals surface area contributed by atoms with Gasteiger partial charge < -0.3 is 30.0 Å². The van der Waals surface area contributed by atoms with Crippen LogP contribution < -0.4 is 15.8 Å². The summed E-state index contributed by atoms with van der Waals surface area (Å²) in [5.41, 5.74) is 6.95. The number of piperidine rings is 1. The van der Waals surface area contributed by atoms with E-state index in [1.165, 1.54) is 6.26 Å². The molecule has 0 bridgehead atoms. The van der Waals surface area contributed by atoms with Crippen LogP contribution in [0.25, 0.3) is 16.7 Å². The van der Waals surface area contributed by atoms with Gasteiger partial charge in [0.2, 0.25) is 11.9 Å². The summed E-state index contributed by atoms with van der Waals surface area (Å²) in [5.74, 6) is 1.96. The van der Waals surface area contributed by atoms with Crippen molar-refractivity contribution in [1.82, 2.24) is 19.4 Å². The van der Waals surface area contributed by atoms with Gasteiger partial charge in [-0.05, 0) is 62.3 Å². The number of hydrogen-bond donors (Lipinski definition) is 2. The zero-order chi connectivity index (χ0) is 33.6. The number of nitrogens with one attached hydrogen (secondary N) is 1. The van der Waals surface area contributed by atoms with E-state index in [0.29, 0.717) is 56.5 Å². The fraction of sp³-hybridized carbons (Fsp3) is 0.588. The van der Waals surface area contributed by atoms with Gasteiger partial charge in [-0.3, -0.25) is 9.59 Å². The summed E-state index contributed by atoms with van der Waals surface area (Å²) in [7, 11) is -3.03. The molecule has 13 heteroatoms. The van der Waals surface area contributed by atoms with Crippen LogP contribution in [0.1, 0.15) is 65.2 Å². The van der Waals surface area contributed by atoms with Gasteiger partial charge >= 0.3 is 5.97 Å². The summed E-state index contributed by atoms with van der Waals surface area (Å²) in [6.45, 7) is 5.47. The van der Waals surface area contributed by atoms with Crippen LogP contribution in [0, 0.1) is 11.8 Å². The van der Waals surface area contributed by atoms with Crippen LogP contribution in [0.2, 0.25) is 0 Å². The summed E-state index contributed by atoms with van der Waals surface area (Å²) >= 11 is 0. The summed E-state index contributed by atoms with van der Waals surface area (Å²) in [4.78, 5) is 36.9. The number of hydrogen-bond acceptors (Lipinski definition) is 10. The van der Waals surface area contributed by atoms with E-state index in [1.807, 2.05) is 59.8 Å². The number of fused-ring (bicyclic) bond motifs is 1. The van der Waals surface area contributed by atoms with Crippen molar-refractivity contribution in [3.8, 4) is 11.6 Å². The lowest BCUT2D eigenvalue weighted by molar-refractivity contribution is -0.155. The molecule has 1 saturated carbocycles. The number of carbonyl (C=O) groups excluding carboxylic acids is 2. The number of amides is 1. The largest absolute Gasteiger partial charge is 0.493 e. The molecule has 1 amide bonds. The average Bonchev–Trinajstić information content (AvgIpc) is 3.51. The van der Waals surface area contributed by atoms with E-state index in [4.69, 9.17) is 20.2 Å². The van der Waals surface area contributed by atoms with Gasteiger partial charge in [0.05, 0.1) is 17.9 Å². The van der Waals surface area contributed by atoms with Crippen molar-refractivity contribution >= 4 is 38.6 Å². The zero-order valence-corrected chi connectivity index (χ0v) is 28.5. The Hall–Kier alpha value is -3.71. The van der Waals surface area contributed by atoms with E-state index < -0.39 is 15.9 Å². The maximum atomic E-state index is 13.3. The molecule has 2 atom stereocenters. The Bertz CT molecular complexity index is 1630. The fourth-order valence-electron chi connectivity index (χ4n) is 6.37. The molecule has 1 saturated heterocycles. The number of rotatable bonds is 13. The van der Waals surface area contributed by atoms with Gasteiger partial charge in [-0.25, -0.2) is 13.4 Å². The quantitative estimate of drug-likeness (QED) is 0.201. The molecule has 5 rings (SSSR count). The first kappa shape index (κ1) is 34.6. The highest BCUT2D eigenvalue weighted by Crippen LogP contribution is 2.31. The Morgan fingerprint density at radius 3 is 2.53 bits per heavy atom. The summed E-state index contributed by atoms with van der Waals surface area (Å²) in [5, 5.41) is 4.40. The highest BCUT2D eigenvalue weighted by molar-refractivity contribution is 7.90. The van der Waals surface area contributed by atoms with Crippen molar-refractivity contribution in [2.75, 3.05) is 37.0 Å². The molecule has 2 fully saturated rings. The summed E-state index contributed by atoms with van der Waals surface area (Å²) < 4.78 is 36.4. The first-order valence-electron chi connectivity index (χ1n) is 16.8. The van der Waals surface area contributed by atoms with E-state index in [9.17, 15) is 18.0 Å².